The summed E-state index contributed by atoms with van der Waals surface area (Å²) in [5, 5.41) is 3.61. The van der Waals surface area contributed by atoms with Crippen molar-refractivity contribution in [2.75, 3.05) is 13.7 Å². The summed E-state index contributed by atoms with van der Waals surface area (Å²) in [6.45, 7) is 14.1. The molecule has 0 amide bonds. The van der Waals surface area contributed by atoms with Gasteiger partial charge in [0.2, 0.25) is 0 Å². The fourth-order valence-electron chi connectivity index (χ4n) is 2.96. The van der Waals surface area contributed by atoms with Crippen LogP contribution in [0.15, 0.2) is 12.1 Å². The third-order valence-electron chi connectivity index (χ3n) is 4.07. The van der Waals surface area contributed by atoms with E-state index in [0.717, 1.165) is 19.4 Å². The minimum atomic E-state index is -0.0840. The van der Waals surface area contributed by atoms with Crippen molar-refractivity contribution in [2.24, 2.45) is 0 Å². The highest BCUT2D eigenvalue weighted by atomic mass is 16.5. The molecule has 0 fully saturated rings. The largest absolute Gasteiger partial charge is 0.379 e. The van der Waals surface area contributed by atoms with Crippen molar-refractivity contribution in [1.29, 1.82) is 0 Å². The number of rotatable bonds is 7. The topological polar surface area (TPSA) is 21.3 Å². The molecule has 1 N–H and O–H groups in total. The normalized spacial score (nSPS) is 13.6. The van der Waals surface area contributed by atoms with E-state index in [1.165, 1.54) is 22.3 Å². The maximum absolute atomic E-state index is 5.59. The lowest BCUT2D eigenvalue weighted by atomic mass is 9.89. The number of nitrogens with one attached hydrogen (secondary N) is 1. The lowest BCUT2D eigenvalue weighted by molar-refractivity contribution is 0.00724. The van der Waals surface area contributed by atoms with Gasteiger partial charge in [-0.25, -0.2) is 0 Å². The zero-order chi connectivity index (χ0) is 15.3. The van der Waals surface area contributed by atoms with Gasteiger partial charge in [-0.3, -0.25) is 0 Å². The predicted octanol–water partition coefficient (Wildman–Crippen LogP) is 3.95. The van der Waals surface area contributed by atoms with Crippen molar-refractivity contribution in [3.8, 4) is 0 Å². The number of benzene rings is 1. The van der Waals surface area contributed by atoms with E-state index < -0.39 is 0 Å². The van der Waals surface area contributed by atoms with E-state index in [2.05, 4.69) is 59.0 Å². The van der Waals surface area contributed by atoms with Crippen LogP contribution in [0.3, 0.4) is 0 Å². The fraction of sp³-hybridized carbons (Fsp3) is 0.667. The molecule has 1 rings (SSSR count). The first-order valence-electron chi connectivity index (χ1n) is 7.64. The van der Waals surface area contributed by atoms with Gasteiger partial charge in [-0.1, -0.05) is 24.6 Å². The molecular weight excluding hydrogens is 246 g/mol. The highest BCUT2D eigenvalue weighted by Crippen LogP contribution is 2.22. The molecule has 114 valence electrons. The molecule has 0 aromatic heterocycles. The molecule has 1 atom stereocenters. The van der Waals surface area contributed by atoms with Crippen LogP contribution in [0.4, 0.5) is 0 Å². The van der Waals surface area contributed by atoms with E-state index in [0.29, 0.717) is 6.04 Å². The van der Waals surface area contributed by atoms with Gasteiger partial charge in [0.05, 0.1) is 5.60 Å². The summed E-state index contributed by atoms with van der Waals surface area (Å²) < 4.78 is 5.59. The Bertz CT molecular complexity index is 414. The quantitative estimate of drug-likeness (QED) is 0.815. The van der Waals surface area contributed by atoms with E-state index >= 15 is 0 Å². The van der Waals surface area contributed by atoms with Crippen LogP contribution in [0, 0.1) is 20.8 Å². The van der Waals surface area contributed by atoms with Gasteiger partial charge in [0.15, 0.2) is 0 Å². The van der Waals surface area contributed by atoms with Gasteiger partial charge in [-0.05, 0) is 70.7 Å². The summed E-state index contributed by atoms with van der Waals surface area (Å²) in [6, 6.07) is 5.02. The van der Waals surface area contributed by atoms with Crippen LogP contribution in [0.2, 0.25) is 0 Å². The molecule has 0 saturated heterocycles. The molecule has 0 radical (unpaired) electrons. The summed E-state index contributed by atoms with van der Waals surface area (Å²) in [7, 11) is 1.80. The number of ether oxygens (including phenoxy) is 1. The van der Waals surface area contributed by atoms with Gasteiger partial charge in [0.1, 0.15) is 0 Å². The number of hydrogen-bond acceptors (Lipinski definition) is 2. The minimum Gasteiger partial charge on any atom is -0.379 e. The summed E-state index contributed by atoms with van der Waals surface area (Å²) in [4.78, 5) is 0. The van der Waals surface area contributed by atoms with E-state index in [-0.39, 0.29) is 5.60 Å². The van der Waals surface area contributed by atoms with Crippen LogP contribution in [-0.2, 0) is 11.2 Å². The van der Waals surface area contributed by atoms with Crippen LogP contribution in [0.25, 0.3) is 0 Å². The third kappa shape index (κ3) is 4.92. The monoisotopic (exact) mass is 277 g/mol. The maximum Gasteiger partial charge on any atom is 0.0637 e. The molecule has 2 nitrogen and oxygen atoms in total. The molecule has 20 heavy (non-hydrogen) atoms. The van der Waals surface area contributed by atoms with Crippen molar-refractivity contribution in [3.63, 3.8) is 0 Å². The zero-order valence-electron chi connectivity index (χ0n) is 14.3. The Morgan fingerprint density at radius 3 is 2.15 bits per heavy atom. The fourth-order valence-corrected chi connectivity index (χ4v) is 2.96. The lowest BCUT2D eigenvalue weighted by Crippen LogP contribution is -2.39. The summed E-state index contributed by atoms with van der Waals surface area (Å²) in [5.41, 5.74) is 5.55. The van der Waals surface area contributed by atoms with Gasteiger partial charge >= 0.3 is 0 Å². The number of aryl methyl sites for hydroxylation is 3. The molecule has 0 aliphatic rings. The zero-order valence-corrected chi connectivity index (χ0v) is 14.3. The van der Waals surface area contributed by atoms with E-state index in [1.807, 2.05) is 0 Å². The van der Waals surface area contributed by atoms with Crippen molar-refractivity contribution >= 4 is 0 Å². The standard InChI is InChI=1S/C18H31NO/c1-8-19-16(12-18(5,6)20-7)11-17-14(3)9-13(2)10-15(17)4/h9-10,16,19H,8,11-12H2,1-7H3. The van der Waals surface area contributed by atoms with Gasteiger partial charge in [0.25, 0.3) is 0 Å². The summed E-state index contributed by atoms with van der Waals surface area (Å²) >= 11 is 0. The van der Waals surface area contributed by atoms with Crippen LogP contribution >= 0.6 is 0 Å². The predicted molar refractivity (Wildman–Crippen MR) is 87.5 cm³/mol. The molecule has 0 bridgehead atoms. The Kier molecular flexibility index (Phi) is 6.22. The third-order valence-corrected chi connectivity index (χ3v) is 4.07. The second-order valence-electron chi connectivity index (χ2n) is 6.50. The smallest absolute Gasteiger partial charge is 0.0637 e. The summed E-state index contributed by atoms with van der Waals surface area (Å²) in [6.07, 6.45) is 2.09. The molecule has 0 heterocycles. The first-order chi connectivity index (χ1) is 9.29. The lowest BCUT2D eigenvalue weighted by Gasteiger charge is -2.30. The molecular formula is C18H31NO. The average Bonchev–Trinajstić information content (AvgIpc) is 2.33. The Morgan fingerprint density at radius 1 is 1.15 bits per heavy atom. The van der Waals surface area contributed by atoms with Crippen LogP contribution < -0.4 is 5.32 Å². The van der Waals surface area contributed by atoms with Crippen LogP contribution in [0.5, 0.6) is 0 Å². The minimum absolute atomic E-state index is 0.0840. The Morgan fingerprint density at radius 2 is 1.70 bits per heavy atom. The molecule has 0 saturated carbocycles. The Labute approximate surface area is 124 Å². The van der Waals surface area contributed by atoms with Crippen molar-refractivity contribution in [2.45, 2.75) is 66.0 Å². The highest BCUT2D eigenvalue weighted by Gasteiger charge is 2.23. The van der Waals surface area contributed by atoms with Gasteiger partial charge in [-0.15, -0.1) is 0 Å². The van der Waals surface area contributed by atoms with E-state index in [4.69, 9.17) is 4.74 Å². The van der Waals surface area contributed by atoms with Crippen molar-refractivity contribution < 1.29 is 4.74 Å². The maximum atomic E-state index is 5.59. The SMILES string of the molecule is CCNC(Cc1c(C)cc(C)cc1C)CC(C)(C)OC. The molecule has 0 aliphatic carbocycles. The van der Waals surface area contributed by atoms with E-state index in [9.17, 15) is 0 Å². The van der Waals surface area contributed by atoms with Gasteiger partial charge < -0.3 is 10.1 Å². The molecule has 2 heteroatoms. The molecule has 0 spiro atoms. The van der Waals surface area contributed by atoms with Crippen molar-refractivity contribution in [1.82, 2.24) is 5.32 Å². The summed E-state index contributed by atoms with van der Waals surface area (Å²) in [5.74, 6) is 0. The molecule has 1 aromatic rings. The number of methoxy groups -OCH3 is 1. The second kappa shape index (κ2) is 7.24. The van der Waals surface area contributed by atoms with Gasteiger partial charge in [0, 0.05) is 13.2 Å². The Hall–Kier alpha value is -0.860. The molecule has 1 unspecified atom stereocenters. The first kappa shape index (κ1) is 17.2. The number of likely N-dealkylation sites (N-methyl/N-ethyl adjacent to an activating group) is 1. The van der Waals surface area contributed by atoms with Crippen molar-refractivity contribution in [3.05, 3.63) is 34.4 Å². The number of hydrogen-bond donors (Lipinski definition) is 1. The van der Waals surface area contributed by atoms with Crippen LogP contribution in [-0.4, -0.2) is 25.3 Å². The molecule has 0 aliphatic heterocycles. The Balaban J connectivity index is 2.91. The van der Waals surface area contributed by atoms with Gasteiger partial charge in [-0.2, -0.15) is 0 Å². The molecule has 1 aromatic carbocycles. The van der Waals surface area contributed by atoms with E-state index in [1.54, 1.807) is 7.11 Å². The van der Waals surface area contributed by atoms with Crippen LogP contribution in [0.1, 0.15) is 49.4 Å². The highest BCUT2D eigenvalue weighted by molar-refractivity contribution is 5.38. The average molecular weight is 277 g/mol. The second-order valence-corrected chi connectivity index (χ2v) is 6.50. The first-order valence-corrected chi connectivity index (χ1v) is 7.64.